The van der Waals surface area contributed by atoms with Crippen LogP contribution in [0.5, 0.6) is 0 Å². The van der Waals surface area contributed by atoms with Gasteiger partial charge in [-0.25, -0.2) is 4.98 Å². The maximum atomic E-state index is 12.7. The molecule has 0 bridgehead atoms. The van der Waals surface area contributed by atoms with Gasteiger partial charge in [0.05, 0.1) is 48.1 Å². The van der Waals surface area contributed by atoms with Gasteiger partial charge in [0.1, 0.15) is 11.3 Å². The Hall–Kier alpha value is -3.94. The van der Waals surface area contributed by atoms with Crippen molar-refractivity contribution in [3.05, 3.63) is 46.6 Å². The van der Waals surface area contributed by atoms with Crippen LogP contribution >= 0.6 is 11.5 Å². The fourth-order valence-electron chi connectivity index (χ4n) is 5.03. The molecule has 4 aromatic heterocycles. The second-order valence-electron chi connectivity index (χ2n) is 9.74. The van der Waals surface area contributed by atoms with E-state index in [1.165, 1.54) is 23.9 Å². The first-order valence-electron chi connectivity index (χ1n) is 12.9. The molecule has 1 saturated heterocycles. The molecule has 2 atom stereocenters. The number of ether oxygens (including phenoxy) is 1. The number of morpholine rings is 1. The van der Waals surface area contributed by atoms with Crippen molar-refractivity contribution in [1.29, 1.82) is 0 Å². The number of anilines is 4. The van der Waals surface area contributed by atoms with Crippen LogP contribution in [0.2, 0.25) is 0 Å². The summed E-state index contributed by atoms with van der Waals surface area (Å²) >= 11 is 1.18. The molecule has 2 fully saturated rings. The highest BCUT2D eigenvalue weighted by molar-refractivity contribution is 7.10. The SMILES string of the molecule is NC(=O)c1ncc(N[C@H]2CCCC[C@H]2N)cc1Nc1cc(-c2coc3c(=O)cc(N4CCOCC4)oc23)ns1. The summed E-state index contributed by atoms with van der Waals surface area (Å²) in [4.78, 5) is 31.1. The van der Waals surface area contributed by atoms with Gasteiger partial charge in [-0.1, -0.05) is 12.8 Å². The van der Waals surface area contributed by atoms with Crippen molar-refractivity contribution in [3.63, 3.8) is 0 Å². The van der Waals surface area contributed by atoms with Crippen molar-refractivity contribution in [2.24, 2.45) is 11.5 Å². The first-order valence-corrected chi connectivity index (χ1v) is 13.7. The summed E-state index contributed by atoms with van der Waals surface area (Å²) in [5.41, 5.74) is 14.5. The van der Waals surface area contributed by atoms with E-state index in [0.29, 0.717) is 59.7 Å². The Morgan fingerprint density at radius 2 is 1.95 bits per heavy atom. The third kappa shape index (κ3) is 5.20. The highest BCUT2D eigenvalue weighted by atomic mass is 32.1. The number of hydrogen-bond donors (Lipinski definition) is 4. The van der Waals surface area contributed by atoms with E-state index in [1.807, 2.05) is 4.90 Å². The lowest BCUT2D eigenvalue weighted by Gasteiger charge is -2.30. The van der Waals surface area contributed by atoms with Gasteiger partial charge < -0.3 is 40.6 Å². The Labute approximate surface area is 227 Å². The third-order valence-corrected chi connectivity index (χ3v) is 7.79. The number of furan rings is 1. The minimum absolute atomic E-state index is 0.0589. The monoisotopic (exact) mass is 551 g/mol. The van der Waals surface area contributed by atoms with E-state index in [9.17, 15) is 9.59 Å². The van der Waals surface area contributed by atoms with Gasteiger partial charge in [0.25, 0.3) is 5.91 Å². The zero-order valence-corrected chi connectivity index (χ0v) is 22.0. The molecule has 2 aliphatic rings. The van der Waals surface area contributed by atoms with Crippen LogP contribution in [-0.2, 0) is 4.74 Å². The number of carbonyl (C=O) groups is 1. The first kappa shape index (κ1) is 25.3. The second-order valence-corrected chi connectivity index (χ2v) is 10.5. The number of carbonyl (C=O) groups excluding carboxylic acids is 1. The number of nitrogens with two attached hydrogens (primary N) is 2. The van der Waals surface area contributed by atoms with E-state index in [1.54, 1.807) is 18.3 Å². The van der Waals surface area contributed by atoms with Gasteiger partial charge in [-0.3, -0.25) is 9.59 Å². The molecular formula is C26H29N7O5S. The Morgan fingerprint density at radius 3 is 2.74 bits per heavy atom. The molecule has 0 spiro atoms. The number of hydrogen-bond acceptors (Lipinski definition) is 12. The van der Waals surface area contributed by atoms with Crippen molar-refractivity contribution in [2.45, 2.75) is 37.8 Å². The maximum Gasteiger partial charge on any atom is 0.269 e. The predicted molar refractivity (Wildman–Crippen MR) is 149 cm³/mol. The number of amides is 1. The Balaban J connectivity index is 1.28. The number of fused-ring (bicyclic) bond motifs is 1. The van der Waals surface area contributed by atoms with E-state index in [0.717, 1.165) is 31.4 Å². The van der Waals surface area contributed by atoms with E-state index in [-0.39, 0.29) is 28.8 Å². The van der Waals surface area contributed by atoms with Crippen molar-refractivity contribution < 1.29 is 18.4 Å². The van der Waals surface area contributed by atoms with Crippen LogP contribution in [0.3, 0.4) is 0 Å². The number of pyridine rings is 1. The maximum absolute atomic E-state index is 12.7. The average molecular weight is 552 g/mol. The zero-order valence-electron chi connectivity index (χ0n) is 21.1. The van der Waals surface area contributed by atoms with Crippen molar-refractivity contribution in [2.75, 3.05) is 41.8 Å². The van der Waals surface area contributed by atoms with E-state index in [2.05, 4.69) is 20.0 Å². The minimum atomic E-state index is -0.651. The van der Waals surface area contributed by atoms with E-state index >= 15 is 0 Å². The normalized spacial score (nSPS) is 19.8. The lowest BCUT2D eigenvalue weighted by molar-refractivity contribution is 0.0996. The van der Waals surface area contributed by atoms with Crippen LogP contribution in [0.15, 0.2) is 44.3 Å². The quantitative estimate of drug-likeness (QED) is 0.265. The molecule has 204 valence electrons. The molecule has 1 aliphatic heterocycles. The highest BCUT2D eigenvalue weighted by Gasteiger charge is 2.24. The molecule has 12 nitrogen and oxygen atoms in total. The molecule has 1 saturated carbocycles. The van der Waals surface area contributed by atoms with Crippen molar-refractivity contribution in [3.8, 4) is 11.3 Å². The summed E-state index contributed by atoms with van der Waals surface area (Å²) in [6.07, 6.45) is 7.24. The molecule has 4 aromatic rings. The number of nitrogens with zero attached hydrogens (tertiary/aromatic N) is 3. The standard InChI is InChI=1S/C26H29N7O5S/c27-16-3-1-2-4-17(16)30-14-9-19(23(26(28)35)29-12-14)31-21-10-18(32-39-21)15-13-37-25-20(34)11-22(38-24(15)25)33-5-7-36-8-6-33/h9-13,16-17,30-31H,1-8,27H2,(H2,28,35)/t16-,17+/m1/s1. The Morgan fingerprint density at radius 1 is 1.13 bits per heavy atom. The lowest BCUT2D eigenvalue weighted by atomic mass is 9.91. The van der Waals surface area contributed by atoms with Crippen LogP contribution in [0.25, 0.3) is 22.4 Å². The van der Waals surface area contributed by atoms with E-state index in [4.69, 9.17) is 25.0 Å². The van der Waals surface area contributed by atoms with E-state index < -0.39 is 5.91 Å². The van der Waals surface area contributed by atoms with Gasteiger partial charge in [0, 0.05) is 31.2 Å². The number of primary amides is 1. The third-order valence-electron chi connectivity index (χ3n) is 7.09. The first-order chi connectivity index (χ1) is 19.0. The summed E-state index contributed by atoms with van der Waals surface area (Å²) in [6, 6.07) is 5.22. The van der Waals surface area contributed by atoms with Crippen LogP contribution < -0.4 is 32.4 Å². The number of nitrogens with one attached hydrogen (secondary N) is 2. The van der Waals surface area contributed by atoms with Gasteiger partial charge in [0.15, 0.2) is 17.2 Å². The summed E-state index contributed by atoms with van der Waals surface area (Å²) in [7, 11) is 0. The van der Waals surface area contributed by atoms with Crippen LogP contribution in [0, 0.1) is 0 Å². The van der Waals surface area contributed by atoms with Gasteiger partial charge >= 0.3 is 0 Å². The van der Waals surface area contributed by atoms with Crippen LogP contribution in [-0.4, -0.2) is 53.7 Å². The Bertz CT molecular complexity index is 1560. The van der Waals surface area contributed by atoms with Gasteiger partial charge in [0.2, 0.25) is 11.0 Å². The predicted octanol–water partition coefficient (Wildman–Crippen LogP) is 3.27. The van der Waals surface area contributed by atoms with Gasteiger partial charge in [-0.15, -0.1) is 0 Å². The molecule has 6 rings (SSSR count). The average Bonchev–Trinajstić information content (AvgIpc) is 3.58. The molecule has 1 amide bonds. The highest BCUT2D eigenvalue weighted by Crippen LogP contribution is 2.35. The summed E-state index contributed by atoms with van der Waals surface area (Å²) in [5.74, 6) is -0.187. The molecule has 5 heterocycles. The number of aromatic nitrogens is 2. The summed E-state index contributed by atoms with van der Waals surface area (Å²) < 4.78 is 21.6. The molecule has 13 heteroatoms. The zero-order chi connectivity index (χ0) is 26.9. The molecular weight excluding hydrogens is 522 g/mol. The molecule has 6 N–H and O–H groups in total. The van der Waals surface area contributed by atoms with Gasteiger partial charge in [-0.05, 0) is 30.4 Å². The summed E-state index contributed by atoms with van der Waals surface area (Å²) in [6.45, 7) is 2.38. The molecule has 39 heavy (non-hydrogen) atoms. The fourth-order valence-corrected chi connectivity index (χ4v) is 5.70. The largest absolute Gasteiger partial charge is 0.456 e. The molecule has 0 unspecified atom stereocenters. The van der Waals surface area contributed by atoms with Crippen molar-refractivity contribution in [1.82, 2.24) is 9.36 Å². The van der Waals surface area contributed by atoms with Crippen LogP contribution in [0.4, 0.5) is 22.3 Å². The topological polar surface area (TPSA) is 175 Å². The Kier molecular flexibility index (Phi) is 6.94. The molecule has 0 aromatic carbocycles. The molecule has 1 aliphatic carbocycles. The van der Waals surface area contributed by atoms with Crippen LogP contribution in [0.1, 0.15) is 36.2 Å². The lowest BCUT2D eigenvalue weighted by Crippen LogP contribution is -2.42. The fraction of sp³-hybridized carbons (Fsp3) is 0.385. The smallest absolute Gasteiger partial charge is 0.269 e. The number of rotatable bonds is 7. The van der Waals surface area contributed by atoms with Gasteiger partial charge in [-0.2, -0.15) is 4.37 Å². The minimum Gasteiger partial charge on any atom is -0.456 e. The summed E-state index contributed by atoms with van der Waals surface area (Å²) in [5, 5.41) is 7.31. The van der Waals surface area contributed by atoms with Crippen molar-refractivity contribution >= 4 is 50.9 Å². The molecule has 0 radical (unpaired) electrons. The second kappa shape index (κ2) is 10.7.